The predicted molar refractivity (Wildman–Crippen MR) is 80.1 cm³/mol. The van der Waals surface area contributed by atoms with Gasteiger partial charge in [-0.15, -0.1) is 11.3 Å². The molecule has 0 spiro atoms. The maximum atomic E-state index is 5.61. The van der Waals surface area contributed by atoms with Crippen molar-refractivity contribution < 1.29 is 4.52 Å². The standard InChI is InChI=1S/C15H21N3OS/c1-2-6-15(7-4-8-16-11-15)14-17-13(18-19-14)10-12-5-3-9-20-12/h3,5,9,16H,2,4,6-8,10-11H2,1H3. The van der Waals surface area contributed by atoms with Gasteiger partial charge in [-0.1, -0.05) is 24.6 Å². The third-order valence-electron chi connectivity index (χ3n) is 4.04. The second-order valence-corrected chi connectivity index (χ2v) is 6.61. The van der Waals surface area contributed by atoms with Crippen LogP contribution in [-0.2, 0) is 11.8 Å². The highest BCUT2D eigenvalue weighted by atomic mass is 32.1. The number of nitrogens with zero attached hydrogens (tertiary/aromatic N) is 2. The highest BCUT2D eigenvalue weighted by Crippen LogP contribution is 2.34. The van der Waals surface area contributed by atoms with Gasteiger partial charge in [0.15, 0.2) is 5.82 Å². The van der Waals surface area contributed by atoms with Crippen LogP contribution < -0.4 is 5.32 Å². The molecule has 1 aliphatic heterocycles. The van der Waals surface area contributed by atoms with Crippen LogP contribution in [0.15, 0.2) is 22.0 Å². The lowest BCUT2D eigenvalue weighted by Crippen LogP contribution is -2.43. The lowest BCUT2D eigenvalue weighted by molar-refractivity contribution is 0.213. The van der Waals surface area contributed by atoms with Gasteiger partial charge >= 0.3 is 0 Å². The maximum Gasteiger partial charge on any atom is 0.234 e. The SMILES string of the molecule is CCCC1(c2nc(Cc3cccs3)no2)CCCNC1. The molecule has 2 aromatic rings. The number of rotatable bonds is 5. The van der Waals surface area contributed by atoms with Gasteiger partial charge in [0.1, 0.15) is 0 Å². The molecular weight excluding hydrogens is 270 g/mol. The molecule has 20 heavy (non-hydrogen) atoms. The van der Waals surface area contributed by atoms with Crippen LogP contribution >= 0.6 is 11.3 Å². The number of thiophene rings is 1. The van der Waals surface area contributed by atoms with Crippen LogP contribution in [0, 0.1) is 0 Å². The van der Waals surface area contributed by atoms with Crippen molar-refractivity contribution >= 4 is 11.3 Å². The number of aromatic nitrogens is 2. The van der Waals surface area contributed by atoms with E-state index in [-0.39, 0.29) is 5.41 Å². The Kier molecular flexibility index (Phi) is 4.17. The molecule has 3 heterocycles. The molecule has 108 valence electrons. The van der Waals surface area contributed by atoms with Gasteiger partial charge in [-0.25, -0.2) is 0 Å². The molecule has 1 N–H and O–H groups in total. The van der Waals surface area contributed by atoms with Crippen molar-refractivity contribution in [2.24, 2.45) is 0 Å². The molecule has 0 aliphatic carbocycles. The average Bonchev–Trinajstić information content (AvgIpc) is 3.13. The van der Waals surface area contributed by atoms with Crippen molar-refractivity contribution in [2.75, 3.05) is 13.1 Å². The molecule has 1 aliphatic rings. The van der Waals surface area contributed by atoms with Crippen molar-refractivity contribution in [3.8, 4) is 0 Å². The smallest absolute Gasteiger partial charge is 0.234 e. The largest absolute Gasteiger partial charge is 0.339 e. The second-order valence-electron chi connectivity index (χ2n) is 5.58. The average molecular weight is 291 g/mol. The fourth-order valence-corrected chi connectivity index (χ4v) is 3.76. The minimum atomic E-state index is 0.0493. The van der Waals surface area contributed by atoms with Gasteiger partial charge in [-0.2, -0.15) is 4.98 Å². The minimum Gasteiger partial charge on any atom is -0.339 e. The normalized spacial score (nSPS) is 23.1. The third-order valence-corrected chi connectivity index (χ3v) is 4.91. The Morgan fingerprint density at radius 1 is 1.50 bits per heavy atom. The summed E-state index contributed by atoms with van der Waals surface area (Å²) in [6.45, 7) is 4.28. The van der Waals surface area contributed by atoms with Gasteiger partial charge in [-0.05, 0) is 37.3 Å². The molecule has 0 amide bonds. The third kappa shape index (κ3) is 2.79. The molecule has 1 unspecified atom stereocenters. The second kappa shape index (κ2) is 6.06. The van der Waals surface area contributed by atoms with Crippen LogP contribution in [-0.4, -0.2) is 23.2 Å². The number of hydrogen-bond donors (Lipinski definition) is 1. The van der Waals surface area contributed by atoms with Crippen molar-refractivity contribution in [3.05, 3.63) is 34.1 Å². The summed E-state index contributed by atoms with van der Waals surface area (Å²) in [4.78, 5) is 5.97. The summed E-state index contributed by atoms with van der Waals surface area (Å²) in [5, 5.41) is 9.76. The van der Waals surface area contributed by atoms with Crippen LogP contribution in [0.2, 0.25) is 0 Å². The Hall–Kier alpha value is -1.20. The van der Waals surface area contributed by atoms with E-state index < -0.39 is 0 Å². The molecule has 0 saturated carbocycles. The molecule has 1 fully saturated rings. The molecular formula is C15H21N3OS. The molecule has 0 aromatic carbocycles. The van der Waals surface area contributed by atoms with Crippen LogP contribution in [0.25, 0.3) is 0 Å². The fraction of sp³-hybridized carbons (Fsp3) is 0.600. The zero-order valence-electron chi connectivity index (χ0n) is 11.9. The van der Waals surface area contributed by atoms with E-state index in [1.165, 1.54) is 11.3 Å². The first-order valence-electron chi connectivity index (χ1n) is 7.38. The molecule has 1 saturated heterocycles. The molecule has 5 heteroatoms. The molecule has 3 rings (SSSR count). The zero-order chi connectivity index (χ0) is 13.8. The van der Waals surface area contributed by atoms with Crippen LogP contribution in [0.5, 0.6) is 0 Å². The van der Waals surface area contributed by atoms with E-state index >= 15 is 0 Å². The van der Waals surface area contributed by atoms with Gasteiger partial charge in [0.25, 0.3) is 0 Å². The van der Waals surface area contributed by atoms with E-state index in [0.717, 1.165) is 50.5 Å². The highest BCUT2D eigenvalue weighted by molar-refractivity contribution is 7.09. The van der Waals surface area contributed by atoms with Gasteiger partial charge < -0.3 is 9.84 Å². The first kappa shape index (κ1) is 13.8. The summed E-state index contributed by atoms with van der Waals surface area (Å²) in [7, 11) is 0. The summed E-state index contributed by atoms with van der Waals surface area (Å²) < 4.78 is 5.61. The quantitative estimate of drug-likeness (QED) is 0.919. The summed E-state index contributed by atoms with van der Waals surface area (Å²) in [6.07, 6.45) is 5.36. The Balaban J connectivity index is 1.79. The number of nitrogens with one attached hydrogen (secondary N) is 1. The molecule has 4 nitrogen and oxygen atoms in total. The zero-order valence-corrected chi connectivity index (χ0v) is 12.7. The van der Waals surface area contributed by atoms with E-state index in [4.69, 9.17) is 4.52 Å². The van der Waals surface area contributed by atoms with Crippen LogP contribution in [0.1, 0.15) is 49.2 Å². The van der Waals surface area contributed by atoms with E-state index in [1.54, 1.807) is 11.3 Å². The van der Waals surface area contributed by atoms with Gasteiger partial charge in [-0.3, -0.25) is 0 Å². The Morgan fingerprint density at radius 2 is 2.45 bits per heavy atom. The number of hydrogen-bond acceptors (Lipinski definition) is 5. The van der Waals surface area contributed by atoms with E-state index in [9.17, 15) is 0 Å². The maximum absolute atomic E-state index is 5.61. The number of piperidine rings is 1. The minimum absolute atomic E-state index is 0.0493. The summed E-state index contributed by atoms with van der Waals surface area (Å²) >= 11 is 1.74. The highest BCUT2D eigenvalue weighted by Gasteiger charge is 2.38. The summed E-state index contributed by atoms with van der Waals surface area (Å²) in [5.41, 5.74) is 0.0493. The van der Waals surface area contributed by atoms with Gasteiger partial charge in [0, 0.05) is 17.8 Å². The van der Waals surface area contributed by atoms with Crippen LogP contribution in [0.4, 0.5) is 0 Å². The van der Waals surface area contributed by atoms with Gasteiger partial charge in [0.2, 0.25) is 5.89 Å². The molecule has 1 atom stereocenters. The summed E-state index contributed by atoms with van der Waals surface area (Å²) in [6, 6.07) is 4.18. The Labute approximate surface area is 123 Å². The summed E-state index contributed by atoms with van der Waals surface area (Å²) in [5.74, 6) is 1.64. The molecule has 2 aromatic heterocycles. The monoisotopic (exact) mass is 291 g/mol. The van der Waals surface area contributed by atoms with Crippen molar-refractivity contribution in [2.45, 2.75) is 44.4 Å². The lowest BCUT2D eigenvalue weighted by Gasteiger charge is -2.34. The first-order valence-corrected chi connectivity index (χ1v) is 8.26. The van der Waals surface area contributed by atoms with Crippen molar-refractivity contribution in [1.82, 2.24) is 15.5 Å². The molecule has 0 bridgehead atoms. The fourth-order valence-electron chi connectivity index (χ4n) is 3.06. The van der Waals surface area contributed by atoms with E-state index in [1.807, 2.05) is 0 Å². The van der Waals surface area contributed by atoms with Crippen molar-refractivity contribution in [3.63, 3.8) is 0 Å². The topological polar surface area (TPSA) is 51.0 Å². The van der Waals surface area contributed by atoms with Crippen molar-refractivity contribution in [1.29, 1.82) is 0 Å². The first-order chi connectivity index (χ1) is 9.82. The van der Waals surface area contributed by atoms with E-state index in [2.05, 4.69) is 39.9 Å². The van der Waals surface area contributed by atoms with E-state index in [0.29, 0.717) is 0 Å². The Bertz CT molecular complexity index is 524. The van der Waals surface area contributed by atoms with Gasteiger partial charge in [0.05, 0.1) is 5.41 Å². The molecule has 0 radical (unpaired) electrons. The van der Waals surface area contributed by atoms with Crippen LogP contribution in [0.3, 0.4) is 0 Å². The lowest BCUT2D eigenvalue weighted by atomic mass is 9.77. The Morgan fingerprint density at radius 3 is 3.15 bits per heavy atom. The predicted octanol–water partition coefficient (Wildman–Crippen LogP) is 3.14.